The topological polar surface area (TPSA) is 61.9 Å². The van der Waals surface area contributed by atoms with Crippen LogP contribution in [0.2, 0.25) is 0 Å². The van der Waals surface area contributed by atoms with E-state index in [1.807, 2.05) is 0 Å². The standard InChI is InChI=1S/C20H18N4O.2ClH/c1-3-14(19-21-7-8-22-19)4-2-13(1)17-11-15-5-6-16(12-18(15)25-17)20-23-9-10-24-20;;/h1-6,11-12H,7-10H2,(H,21,22)(H,23,24);2*1H. The third kappa shape index (κ3) is 3.66. The summed E-state index contributed by atoms with van der Waals surface area (Å²) in [5.74, 6) is 2.81. The SMILES string of the molecule is Cl.Cl.c1cc(-c2cc3ccc(C4=NCCN4)cc3o2)ccc1C1=NCCN1. The van der Waals surface area contributed by atoms with E-state index in [1.165, 1.54) is 0 Å². The van der Waals surface area contributed by atoms with Gasteiger partial charge in [-0.05, 0) is 12.1 Å². The molecule has 0 aliphatic carbocycles. The molecular weight excluding hydrogens is 383 g/mol. The number of rotatable bonds is 3. The summed E-state index contributed by atoms with van der Waals surface area (Å²) in [4.78, 5) is 8.93. The van der Waals surface area contributed by atoms with Gasteiger partial charge in [0.15, 0.2) is 0 Å². The van der Waals surface area contributed by atoms with E-state index in [4.69, 9.17) is 4.42 Å². The van der Waals surface area contributed by atoms with Gasteiger partial charge in [0.05, 0.1) is 13.1 Å². The molecule has 0 bridgehead atoms. The molecule has 0 fully saturated rings. The number of furan rings is 1. The summed E-state index contributed by atoms with van der Waals surface area (Å²) in [6.07, 6.45) is 0. The van der Waals surface area contributed by atoms with Crippen LogP contribution in [0.25, 0.3) is 22.3 Å². The van der Waals surface area contributed by atoms with Crippen molar-refractivity contribution >= 4 is 47.5 Å². The van der Waals surface area contributed by atoms with Crippen molar-refractivity contribution in [2.75, 3.05) is 26.2 Å². The molecule has 0 unspecified atom stereocenters. The second-order valence-corrected chi connectivity index (χ2v) is 6.25. The Hall–Kier alpha value is -2.50. The number of benzene rings is 2. The molecule has 0 saturated heterocycles. The molecule has 1 aromatic heterocycles. The van der Waals surface area contributed by atoms with Crippen LogP contribution in [0.15, 0.2) is 62.9 Å². The molecule has 7 heteroatoms. The third-order valence-electron chi connectivity index (χ3n) is 4.58. The first-order valence-electron chi connectivity index (χ1n) is 8.58. The van der Waals surface area contributed by atoms with Crippen molar-refractivity contribution in [3.63, 3.8) is 0 Å². The van der Waals surface area contributed by atoms with Gasteiger partial charge in [-0.3, -0.25) is 9.98 Å². The molecule has 5 nitrogen and oxygen atoms in total. The number of nitrogens with zero attached hydrogens (tertiary/aromatic N) is 2. The Kier molecular flexibility index (Phi) is 5.73. The first kappa shape index (κ1) is 19.3. The predicted octanol–water partition coefficient (Wildman–Crippen LogP) is 3.64. The molecule has 3 aromatic rings. The zero-order chi connectivity index (χ0) is 16.6. The number of nitrogens with one attached hydrogen (secondary N) is 2. The fourth-order valence-electron chi connectivity index (χ4n) is 3.30. The van der Waals surface area contributed by atoms with Gasteiger partial charge in [0.2, 0.25) is 0 Å². The molecule has 3 heterocycles. The van der Waals surface area contributed by atoms with E-state index < -0.39 is 0 Å². The maximum atomic E-state index is 6.09. The summed E-state index contributed by atoms with van der Waals surface area (Å²) in [5.41, 5.74) is 4.14. The summed E-state index contributed by atoms with van der Waals surface area (Å²) in [7, 11) is 0. The van der Waals surface area contributed by atoms with Crippen LogP contribution in [0, 0.1) is 0 Å². The van der Waals surface area contributed by atoms with Crippen LogP contribution in [-0.4, -0.2) is 37.9 Å². The lowest BCUT2D eigenvalue weighted by atomic mass is 10.1. The number of fused-ring (bicyclic) bond motifs is 1. The van der Waals surface area contributed by atoms with E-state index in [0.717, 1.165) is 71.3 Å². The van der Waals surface area contributed by atoms with Gasteiger partial charge < -0.3 is 15.1 Å². The first-order valence-corrected chi connectivity index (χ1v) is 8.58. The Morgan fingerprint density at radius 3 is 1.93 bits per heavy atom. The van der Waals surface area contributed by atoms with Crippen molar-refractivity contribution in [2.24, 2.45) is 9.98 Å². The quantitative estimate of drug-likeness (QED) is 0.702. The summed E-state index contributed by atoms with van der Waals surface area (Å²) in [5, 5.41) is 7.70. The normalized spacial score (nSPS) is 15.3. The molecule has 2 aliphatic rings. The maximum absolute atomic E-state index is 6.09. The minimum absolute atomic E-state index is 0. The Morgan fingerprint density at radius 1 is 0.704 bits per heavy atom. The molecule has 0 radical (unpaired) electrons. The predicted molar refractivity (Wildman–Crippen MR) is 115 cm³/mol. The molecule has 0 amide bonds. The van der Waals surface area contributed by atoms with Gasteiger partial charge in [0.25, 0.3) is 0 Å². The average Bonchev–Trinajstić information content (AvgIpc) is 3.42. The van der Waals surface area contributed by atoms with Crippen LogP contribution >= 0.6 is 24.8 Å². The maximum Gasteiger partial charge on any atom is 0.135 e. The molecule has 140 valence electrons. The molecule has 2 N–H and O–H groups in total. The highest BCUT2D eigenvalue weighted by Crippen LogP contribution is 2.29. The molecular formula is C20H20Cl2N4O. The minimum atomic E-state index is 0. The average molecular weight is 403 g/mol. The van der Waals surface area contributed by atoms with Crippen LogP contribution in [-0.2, 0) is 0 Å². The fraction of sp³-hybridized carbons (Fsp3) is 0.200. The lowest BCUT2D eigenvalue weighted by molar-refractivity contribution is 0.631. The van der Waals surface area contributed by atoms with Gasteiger partial charge in [-0.15, -0.1) is 24.8 Å². The van der Waals surface area contributed by atoms with Gasteiger partial charge >= 0.3 is 0 Å². The van der Waals surface area contributed by atoms with E-state index in [2.05, 4.69) is 69.1 Å². The molecule has 27 heavy (non-hydrogen) atoms. The van der Waals surface area contributed by atoms with Crippen molar-refractivity contribution in [3.05, 3.63) is 59.7 Å². The van der Waals surface area contributed by atoms with Gasteiger partial charge in [-0.1, -0.05) is 36.4 Å². The van der Waals surface area contributed by atoms with E-state index in [9.17, 15) is 0 Å². The second kappa shape index (κ2) is 8.03. The summed E-state index contributed by atoms with van der Waals surface area (Å²) in [6, 6.07) is 16.7. The van der Waals surface area contributed by atoms with Crippen molar-refractivity contribution in [1.29, 1.82) is 0 Å². The Labute approximate surface area is 169 Å². The summed E-state index contributed by atoms with van der Waals surface area (Å²) >= 11 is 0. The number of amidine groups is 2. The van der Waals surface area contributed by atoms with Crippen molar-refractivity contribution in [1.82, 2.24) is 10.6 Å². The molecule has 5 rings (SSSR count). The lowest BCUT2D eigenvalue weighted by Crippen LogP contribution is -2.19. The fourth-order valence-corrected chi connectivity index (χ4v) is 3.30. The molecule has 2 aliphatic heterocycles. The monoisotopic (exact) mass is 402 g/mol. The first-order chi connectivity index (χ1) is 12.4. The Morgan fingerprint density at radius 2 is 1.30 bits per heavy atom. The highest BCUT2D eigenvalue weighted by Gasteiger charge is 2.12. The van der Waals surface area contributed by atoms with Crippen molar-refractivity contribution < 1.29 is 4.42 Å². The number of hydrogen-bond acceptors (Lipinski definition) is 5. The minimum Gasteiger partial charge on any atom is -0.456 e. The summed E-state index contributed by atoms with van der Waals surface area (Å²) < 4.78 is 6.09. The largest absolute Gasteiger partial charge is 0.456 e. The van der Waals surface area contributed by atoms with Crippen molar-refractivity contribution in [2.45, 2.75) is 0 Å². The zero-order valence-corrected chi connectivity index (χ0v) is 16.2. The Bertz CT molecular complexity index is 1010. The molecule has 2 aromatic carbocycles. The van der Waals surface area contributed by atoms with Gasteiger partial charge in [0, 0.05) is 35.2 Å². The van der Waals surface area contributed by atoms with Gasteiger partial charge in [-0.2, -0.15) is 0 Å². The highest BCUT2D eigenvalue weighted by molar-refractivity contribution is 6.02. The highest BCUT2D eigenvalue weighted by atomic mass is 35.5. The smallest absolute Gasteiger partial charge is 0.135 e. The van der Waals surface area contributed by atoms with Gasteiger partial charge in [-0.25, -0.2) is 0 Å². The van der Waals surface area contributed by atoms with Crippen LogP contribution in [0.3, 0.4) is 0 Å². The van der Waals surface area contributed by atoms with Crippen LogP contribution < -0.4 is 10.6 Å². The van der Waals surface area contributed by atoms with E-state index in [0.29, 0.717) is 0 Å². The van der Waals surface area contributed by atoms with E-state index in [1.54, 1.807) is 0 Å². The number of hydrogen-bond donors (Lipinski definition) is 2. The van der Waals surface area contributed by atoms with Crippen molar-refractivity contribution in [3.8, 4) is 11.3 Å². The van der Waals surface area contributed by atoms with E-state index in [-0.39, 0.29) is 24.8 Å². The van der Waals surface area contributed by atoms with Crippen LogP contribution in [0.1, 0.15) is 11.1 Å². The summed E-state index contributed by atoms with van der Waals surface area (Å²) in [6.45, 7) is 3.51. The second-order valence-electron chi connectivity index (χ2n) is 6.25. The number of halogens is 2. The molecule has 0 atom stereocenters. The third-order valence-corrected chi connectivity index (χ3v) is 4.58. The Balaban J connectivity index is 0.00000105. The molecule has 0 saturated carbocycles. The zero-order valence-electron chi connectivity index (χ0n) is 14.6. The van der Waals surface area contributed by atoms with Crippen LogP contribution in [0.4, 0.5) is 0 Å². The molecule has 0 spiro atoms. The van der Waals surface area contributed by atoms with Crippen LogP contribution in [0.5, 0.6) is 0 Å². The number of aliphatic imine (C=N–C) groups is 2. The van der Waals surface area contributed by atoms with E-state index >= 15 is 0 Å². The lowest BCUT2D eigenvalue weighted by Gasteiger charge is -2.03. The van der Waals surface area contributed by atoms with Gasteiger partial charge in [0.1, 0.15) is 23.0 Å².